The number of aromatic nitrogens is 1. The first kappa shape index (κ1) is 15.9. The summed E-state index contributed by atoms with van der Waals surface area (Å²) in [6.07, 6.45) is 2.76. The van der Waals surface area contributed by atoms with Crippen LogP contribution in [0.3, 0.4) is 0 Å². The van der Waals surface area contributed by atoms with E-state index in [0.29, 0.717) is 36.1 Å². The van der Waals surface area contributed by atoms with Gasteiger partial charge < -0.3 is 19.4 Å². The summed E-state index contributed by atoms with van der Waals surface area (Å²) in [7, 11) is 0. The van der Waals surface area contributed by atoms with Crippen molar-refractivity contribution in [3.63, 3.8) is 0 Å². The molecule has 0 fully saturated rings. The quantitative estimate of drug-likeness (QED) is 0.868. The highest BCUT2D eigenvalue weighted by Gasteiger charge is 2.17. The molecule has 23 heavy (non-hydrogen) atoms. The lowest BCUT2D eigenvalue weighted by Gasteiger charge is -2.14. The summed E-state index contributed by atoms with van der Waals surface area (Å²) in [5.74, 6) is 1.23. The van der Waals surface area contributed by atoms with Crippen LogP contribution >= 0.6 is 15.9 Å². The van der Waals surface area contributed by atoms with E-state index < -0.39 is 0 Å². The molecular weight excluding hydrogens is 360 g/mol. The molecule has 0 atom stereocenters. The maximum atomic E-state index is 12.6. The zero-order chi connectivity index (χ0) is 16.4. The lowest BCUT2D eigenvalue weighted by molar-refractivity contribution is 0.101. The van der Waals surface area contributed by atoms with E-state index >= 15 is 0 Å². The van der Waals surface area contributed by atoms with Gasteiger partial charge in [-0.15, -0.1) is 0 Å². The van der Waals surface area contributed by atoms with Crippen LogP contribution in [0.5, 0.6) is 11.5 Å². The van der Waals surface area contributed by atoms with Crippen molar-refractivity contribution in [2.24, 2.45) is 0 Å². The van der Waals surface area contributed by atoms with E-state index in [1.165, 1.54) is 0 Å². The largest absolute Gasteiger partial charge is 0.490 e. The van der Waals surface area contributed by atoms with Gasteiger partial charge in [0.2, 0.25) is 0 Å². The number of fused-ring (bicyclic) bond motifs is 1. The van der Waals surface area contributed by atoms with Crippen molar-refractivity contribution in [3.8, 4) is 11.5 Å². The molecule has 3 rings (SSSR count). The second kappa shape index (κ2) is 6.66. The third-order valence-corrected chi connectivity index (χ3v) is 4.04. The predicted molar refractivity (Wildman–Crippen MR) is 92.5 cm³/mol. The predicted octanol–water partition coefficient (Wildman–Crippen LogP) is 4.25. The molecule has 5 nitrogen and oxygen atoms in total. The van der Waals surface area contributed by atoms with Crippen LogP contribution in [0.2, 0.25) is 0 Å². The Bertz CT molecular complexity index is 725. The molecule has 1 aromatic carbocycles. The van der Waals surface area contributed by atoms with Gasteiger partial charge in [0, 0.05) is 34.9 Å². The summed E-state index contributed by atoms with van der Waals surface area (Å²) in [4.78, 5) is 12.6. The number of nitrogens with zero attached hydrogens (tertiary/aromatic N) is 1. The number of benzene rings is 1. The molecule has 1 aromatic heterocycles. The zero-order valence-electron chi connectivity index (χ0n) is 13.1. The number of hydrogen-bond acceptors (Lipinski definition) is 3. The number of hydrogen-bond donors (Lipinski definition) is 1. The van der Waals surface area contributed by atoms with Crippen LogP contribution < -0.4 is 14.8 Å². The van der Waals surface area contributed by atoms with Crippen molar-refractivity contribution in [3.05, 3.63) is 40.6 Å². The standard InChI is InChI=1S/C17H19BrN2O3/c1-11(2)20-10-12(18)8-14(20)17(21)19-13-4-5-15-16(9-13)23-7-3-6-22-15/h4-5,8-11H,3,6-7H2,1-2H3,(H,19,21). The van der Waals surface area contributed by atoms with Crippen molar-refractivity contribution < 1.29 is 14.3 Å². The number of rotatable bonds is 3. The number of halogens is 1. The topological polar surface area (TPSA) is 52.5 Å². The second-order valence-corrected chi connectivity index (χ2v) is 6.63. The van der Waals surface area contributed by atoms with Crippen LogP contribution in [0.1, 0.15) is 36.8 Å². The third kappa shape index (κ3) is 3.52. The van der Waals surface area contributed by atoms with Gasteiger partial charge in [-0.1, -0.05) is 0 Å². The summed E-state index contributed by atoms with van der Waals surface area (Å²) < 4.78 is 14.1. The highest BCUT2D eigenvalue weighted by atomic mass is 79.9. The normalized spacial score (nSPS) is 13.7. The Morgan fingerprint density at radius 1 is 1.22 bits per heavy atom. The van der Waals surface area contributed by atoms with Gasteiger partial charge >= 0.3 is 0 Å². The lowest BCUT2D eigenvalue weighted by Crippen LogP contribution is -2.17. The van der Waals surface area contributed by atoms with E-state index in [0.717, 1.165) is 10.9 Å². The van der Waals surface area contributed by atoms with E-state index in [1.807, 2.05) is 42.8 Å². The fraction of sp³-hybridized carbons (Fsp3) is 0.353. The van der Waals surface area contributed by atoms with Gasteiger partial charge in [-0.25, -0.2) is 0 Å². The molecule has 0 saturated heterocycles. The first-order valence-electron chi connectivity index (χ1n) is 7.63. The summed E-state index contributed by atoms with van der Waals surface area (Å²) in [5.41, 5.74) is 1.30. The number of carbonyl (C=O) groups excluding carboxylic acids is 1. The Labute approximate surface area is 143 Å². The Kier molecular flexibility index (Phi) is 4.61. The van der Waals surface area contributed by atoms with E-state index in [2.05, 4.69) is 21.2 Å². The van der Waals surface area contributed by atoms with Gasteiger partial charge in [-0.3, -0.25) is 4.79 Å². The fourth-order valence-corrected chi connectivity index (χ4v) is 2.93. The maximum Gasteiger partial charge on any atom is 0.272 e. The summed E-state index contributed by atoms with van der Waals surface area (Å²) >= 11 is 3.43. The molecule has 122 valence electrons. The Morgan fingerprint density at radius 3 is 2.70 bits per heavy atom. The minimum Gasteiger partial charge on any atom is -0.490 e. The average Bonchev–Trinajstić information content (AvgIpc) is 2.76. The number of amides is 1. The van der Waals surface area contributed by atoms with Crippen LogP contribution in [0, 0.1) is 0 Å². The van der Waals surface area contributed by atoms with Crippen molar-refractivity contribution in [1.82, 2.24) is 4.57 Å². The molecular formula is C17H19BrN2O3. The number of anilines is 1. The molecule has 1 amide bonds. The molecule has 0 unspecified atom stereocenters. The Morgan fingerprint density at radius 2 is 1.96 bits per heavy atom. The fourth-order valence-electron chi connectivity index (χ4n) is 2.49. The summed E-state index contributed by atoms with van der Waals surface area (Å²) in [6, 6.07) is 7.47. The first-order chi connectivity index (χ1) is 11.0. The van der Waals surface area contributed by atoms with Crippen molar-refractivity contribution in [1.29, 1.82) is 0 Å². The smallest absolute Gasteiger partial charge is 0.272 e. The van der Waals surface area contributed by atoms with Crippen LogP contribution in [0.25, 0.3) is 0 Å². The minimum atomic E-state index is -0.154. The molecule has 1 N–H and O–H groups in total. The van der Waals surface area contributed by atoms with Crippen molar-refractivity contribution in [2.75, 3.05) is 18.5 Å². The first-order valence-corrected chi connectivity index (χ1v) is 8.42. The van der Waals surface area contributed by atoms with E-state index in [4.69, 9.17) is 9.47 Å². The van der Waals surface area contributed by atoms with Crippen molar-refractivity contribution in [2.45, 2.75) is 26.3 Å². The van der Waals surface area contributed by atoms with E-state index in [9.17, 15) is 4.79 Å². The highest BCUT2D eigenvalue weighted by Crippen LogP contribution is 2.32. The molecule has 0 aliphatic carbocycles. The molecule has 0 bridgehead atoms. The molecule has 2 heterocycles. The van der Waals surface area contributed by atoms with Gasteiger partial charge in [0.25, 0.3) is 5.91 Å². The monoisotopic (exact) mass is 378 g/mol. The zero-order valence-corrected chi connectivity index (χ0v) is 14.7. The second-order valence-electron chi connectivity index (χ2n) is 5.71. The van der Waals surface area contributed by atoms with E-state index in [1.54, 1.807) is 6.07 Å². The van der Waals surface area contributed by atoms with Crippen LogP contribution in [0.4, 0.5) is 5.69 Å². The Hall–Kier alpha value is -1.95. The number of carbonyl (C=O) groups is 1. The molecule has 0 spiro atoms. The van der Waals surface area contributed by atoms with E-state index in [-0.39, 0.29) is 11.9 Å². The van der Waals surface area contributed by atoms with Crippen LogP contribution in [-0.4, -0.2) is 23.7 Å². The molecule has 1 aliphatic heterocycles. The molecule has 6 heteroatoms. The number of ether oxygens (including phenoxy) is 2. The maximum absolute atomic E-state index is 12.6. The van der Waals surface area contributed by atoms with Gasteiger partial charge in [-0.05, 0) is 48.0 Å². The van der Waals surface area contributed by atoms with Crippen LogP contribution in [0.15, 0.2) is 34.9 Å². The van der Waals surface area contributed by atoms with Crippen molar-refractivity contribution >= 4 is 27.5 Å². The molecule has 0 saturated carbocycles. The van der Waals surface area contributed by atoms with Gasteiger partial charge in [0.15, 0.2) is 11.5 Å². The average molecular weight is 379 g/mol. The van der Waals surface area contributed by atoms with Gasteiger partial charge in [-0.2, -0.15) is 0 Å². The van der Waals surface area contributed by atoms with Gasteiger partial charge in [0.1, 0.15) is 5.69 Å². The Balaban J connectivity index is 1.82. The lowest BCUT2D eigenvalue weighted by atomic mass is 10.2. The number of nitrogens with one attached hydrogen (secondary N) is 1. The third-order valence-electron chi connectivity index (χ3n) is 3.61. The highest BCUT2D eigenvalue weighted by molar-refractivity contribution is 9.10. The molecule has 2 aromatic rings. The summed E-state index contributed by atoms with van der Waals surface area (Å²) in [5, 5.41) is 2.92. The molecule has 1 aliphatic rings. The van der Waals surface area contributed by atoms with Crippen LogP contribution in [-0.2, 0) is 0 Å². The SMILES string of the molecule is CC(C)n1cc(Br)cc1C(=O)Nc1ccc2c(c1)OCCCO2. The minimum absolute atomic E-state index is 0.154. The summed E-state index contributed by atoms with van der Waals surface area (Å²) in [6.45, 7) is 5.34. The molecule has 0 radical (unpaired) electrons. The van der Waals surface area contributed by atoms with Gasteiger partial charge in [0.05, 0.1) is 13.2 Å².